The van der Waals surface area contributed by atoms with E-state index in [1.807, 2.05) is 4.90 Å². The van der Waals surface area contributed by atoms with Crippen molar-refractivity contribution in [3.05, 3.63) is 34.9 Å². The summed E-state index contributed by atoms with van der Waals surface area (Å²) in [4.78, 5) is 17.0. The summed E-state index contributed by atoms with van der Waals surface area (Å²) in [6.45, 7) is 5.43. The maximum absolute atomic E-state index is 12.8. The monoisotopic (exact) mass is 355 g/mol. The van der Waals surface area contributed by atoms with Crippen LogP contribution < -0.4 is 0 Å². The van der Waals surface area contributed by atoms with Gasteiger partial charge in [0.05, 0.1) is 32.1 Å². The zero-order valence-electron chi connectivity index (χ0n) is 15.6. The predicted octanol–water partition coefficient (Wildman–Crippen LogP) is 2.18. The molecule has 26 heavy (non-hydrogen) atoms. The van der Waals surface area contributed by atoms with E-state index in [2.05, 4.69) is 29.2 Å². The molecule has 0 atom stereocenters. The van der Waals surface area contributed by atoms with E-state index < -0.39 is 0 Å². The van der Waals surface area contributed by atoms with Crippen molar-refractivity contribution in [2.24, 2.45) is 0 Å². The highest BCUT2D eigenvalue weighted by Gasteiger charge is 2.18. The van der Waals surface area contributed by atoms with Crippen LogP contribution in [0.15, 0.2) is 18.2 Å². The van der Waals surface area contributed by atoms with Crippen LogP contribution in [0.25, 0.3) is 0 Å². The van der Waals surface area contributed by atoms with Crippen molar-refractivity contribution in [3.63, 3.8) is 0 Å². The van der Waals surface area contributed by atoms with Gasteiger partial charge in [-0.1, -0.05) is 18.2 Å². The standard InChI is InChI=1S/C21H29N3O2/c22-8-3-9-24(11-10-23-12-14-26-15-13-23)21(25)17-18-6-7-19-4-1-2-5-20(19)16-18/h6-7,16H,1-5,9-15,17H2. The first kappa shape index (κ1) is 18.9. The molecule has 1 aliphatic carbocycles. The van der Waals surface area contributed by atoms with Gasteiger partial charge in [0.25, 0.3) is 0 Å². The first-order valence-electron chi connectivity index (χ1n) is 9.82. The van der Waals surface area contributed by atoms with Gasteiger partial charge in [-0.15, -0.1) is 0 Å². The number of ether oxygens (including phenoxy) is 1. The van der Waals surface area contributed by atoms with Crippen molar-refractivity contribution >= 4 is 5.91 Å². The lowest BCUT2D eigenvalue weighted by molar-refractivity contribution is -0.130. The van der Waals surface area contributed by atoms with E-state index in [0.717, 1.165) is 51.3 Å². The van der Waals surface area contributed by atoms with E-state index in [4.69, 9.17) is 10.00 Å². The Bertz CT molecular complexity index is 647. The van der Waals surface area contributed by atoms with Crippen LogP contribution in [0.2, 0.25) is 0 Å². The molecule has 1 aromatic rings. The molecule has 5 nitrogen and oxygen atoms in total. The lowest BCUT2D eigenvalue weighted by Crippen LogP contribution is -2.43. The van der Waals surface area contributed by atoms with Crippen LogP contribution in [-0.4, -0.2) is 61.6 Å². The Balaban J connectivity index is 1.58. The number of nitrogens with zero attached hydrogens (tertiary/aromatic N) is 3. The molecule has 0 bridgehead atoms. The van der Waals surface area contributed by atoms with E-state index in [1.54, 1.807) is 0 Å². The van der Waals surface area contributed by atoms with Crippen molar-refractivity contribution in [1.29, 1.82) is 5.26 Å². The summed E-state index contributed by atoms with van der Waals surface area (Å²) in [6, 6.07) is 8.69. The minimum atomic E-state index is 0.129. The molecule has 0 N–H and O–H groups in total. The number of morpholine rings is 1. The van der Waals surface area contributed by atoms with E-state index in [9.17, 15) is 4.79 Å². The fourth-order valence-corrected chi connectivity index (χ4v) is 3.82. The number of benzene rings is 1. The number of carbonyl (C=O) groups excluding carboxylic acids is 1. The van der Waals surface area contributed by atoms with Gasteiger partial charge in [-0.3, -0.25) is 9.69 Å². The van der Waals surface area contributed by atoms with E-state index >= 15 is 0 Å². The highest BCUT2D eigenvalue weighted by Crippen LogP contribution is 2.22. The summed E-state index contributed by atoms with van der Waals surface area (Å²) in [6.07, 6.45) is 5.64. The number of fused-ring (bicyclic) bond motifs is 1. The molecule has 1 aromatic carbocycles. The first-order valence-corrected chi connectivity index (χ1v) is 9.82. The molecule has 1 aliphatic heterocycles. The molecule has 1 amide bonds. The zero-order chi connectivity index (χ0) is 18.2. The SMILES string of the molecule is N#CCCN(CCN1CCOCC1)C(=O)Cc1ccc2c(c1)CCCC2. The lowest BCUT2D eigenvalue weighted by atomic mass is 9.90. The van der Waals surface area contributed by atoms with Crippen molar-refractivity contribution in [2.75, 3.05) is 45.9 Å². The summed E-state index contributed by atoms with van der Waals surface area (Å²) in [5, 5.41) is 8.92. The van der Waals surface area contributed by atoms with Crippen molar-refractivity contribution in [1.82, 2.24) is 9.80 Å². The molecule has 1 fully saturated rings. The molecule has 2 aliphatic rings. The summed E-state index contributed by atoms with van der Waals surface area (Å²) in [5.74, 6) is 0.129. The molecule has 0 spiro atoms. The minimum absolute atomic E-state index is 0.129. The summed E-state index contributed by atoms with van der Waals surface area (Å²) < 4.78 is 5.38. The van der Waals surface area contributed by atoms with Crippen molar-refractivity contribution in [2.45, 2.75) is 38.5 Å². The van der Waals surface area contributed by atoms with Crippen LogP contribution in [0.4, 0.5) is 0 Å². The maximum atomic E-state index is 12.8. The topological polar surface area (TPSA) is 56.6 Å². The van der Waals surface area contributed by atoms with Gasteiger partial charge in [-0.2, -0.15) is 5.26 Å². The van der Waals surface area contributed by atoms with Crippen LogP contribution >= 0.6 is 0 Å². The zero-order valence-corrected chi connectivity index (χ0v) is 15.6. The Hall–Kier alpha value is -1.90. The number of hydrogen-bond donors (Lipinski definition) is 0. The Morgan fingerprint density at radius 1 is 1.15 bits per heavy atom. The van der Waals surface area contributed by atoms with Crippen LogP contribution in [0.1, 0.15) is 36.0 Å². The van der Waals surface area contributed by atoms with Gasteiger partial charge in [0.2, 0.25) is 5.91 Å². The van der Waals surface area contributed by atoms with Crippen LogP contribution in [0.5, 0.6) is 0 Å². The normalized spacial score (nSPS) is 17.3. The van der Waals surface area contributed by atoms with E-state index in [1.165, 1.54) is 24.0 Å². The number of carbonyl (C=O) groups is 1. The Morgan fingerprint density at radius 3 is 2.69 bits per heavy atom. The highest BCUT2D eigenvalue weighted by atomic mass is 16.5. The third-order valence-corrected chi connectivity index (χ3v) is 5.40. The number of hydrogen-bond acceptors (Lipinski definition) is 4. The third kappa shape index (κ3) is 5.30. The molecule has 0 aromatic heterocycles. The van der Waals surface area contributed by atoms with E-state index in [-0.39, 0.29) is 5.91 Å². The minimum Gasteiger partial charge on any atom is -0.379 e. The largest absolute Gasteiger partial charge is 0.379 e. The molecule has 0 saturated carbocycles. The smallest absolute Gasteiger partial charge is 0.227 e. The van der Waals surface area contributed by atoms with Crippen LogP contribution in [0.3, 0.4) is 0 Å². The number of aryl methyl sites for hydroxylation is 2. The van der Waals surface area contributed by atoms with Crippen molar-refractivity contribution in [3.8, 4) is 6.07 Å². The maximum Gasteiger partial charge on any atom is 0.227 e. The number of nitriles is 1. The molecule has 1 heterocycles. The number of rotatable bonds is 7. The van der Waals surface area contributed by atoms with E-state index in [0.29, 0.717) is 25.9 Å². The van der Waals surface area contributed by atoms with Gasteiger partial charge in [0.1, 0.15) is 0 Å². The Kier molecular flexibility index (Phi) is 7.04. The first-order chi connectivity index (χ1) is 12.8. The number of amides is 1. The second-order valence-corrected chi connectivity index (χ2v) is 7.23. The molecule has 0 radical (unpaired) electrons. The van der Waals surface area contributed by atoms with Gasteiger partial charge in [-0.05, 0) is 42.4 Å². The van der Waals surface area contributed by atoms with Crippen LogP contribution in [-0.2, 0) is 28.8 Å². The quantitative estimate of drug-likeness (QED) is 0.752. The summed E-state index contributed by atoms with van der Waals surface area (Å²) in [7, 11) is 0. The Labute approximate surface area is 156 Å². The average Bonchev–Trinajstić information content (AvgIpc) is 2.68. The van der Waals surface area contributed by atoms with Crippen molar-refractivity contribution < 1.29 is 9.53 Å². The van der Waals surface area contributed by atoms with Gasteiger partial charge < -0.3 is 9.64 Å². The highest BCUT2D eigenvalue weighted by molar-refractivity contribution is 5.79. The molecule has 0 unspecified atom stereocenters. The molecule has 140 valence electrons. The Morgan fingerprint density at radius 2 is 1.92 bits per heavy atom. The molecule has 3 rings (SSSR count). The third-order valence-electron chi connectivity index (χ3n) is 5.40. The molecular weight excluding hydrogens is 326 g/mol. The van der Waals surface area contributed by atoms with Gasteiger partial charge in [0.15, 0.2) is 0 Å². The fourth-order valence-electron chi connectivity index (χ4n) is 3.82. The fraction of sp³-hybridized carbons (Fsp3) is 0.619. The van der Waals surface area contributed by atoms with Gasteiger partial charge in [-0.25, -0.2) is 0 Å². The van der Waals surface area contributed by atoms with Crippen LogP contribution in [0, 0.1) is 11.3 Å². The predicted molar refractivity (Wildman–Crippen MR) is 101 cm³/mol. The molecule has 5 heteroatoms. The summed E-state index contributed by atoms with van der Waals surface area (Å²) >= 11 is 0. The summed E-state index contributed by atoms with van der Waals surface area (Å²) in [5.41, 5.74) is 3.96. The second kappa shape index (κ2) is 9.70. The van der Waals surface area contributed by atoms with Gasteiger partial charge >= 0.3 is 0 Å². The molecule has 1 saturated heterocycles. The lowest BCUT2D eigenvalue weighted by Gasteiger charge is -2.30. The average molecular weight is 355 g/mol. The second-order valence-electron chi connectivity index (χ2n) is 7.23. The van der Waals surface area contributed by atoms with Gasteiger partial charge in [0, 0.05) is 32.7 Å². The molecular formula is C21H29N3O2.